The largest absolute Gasteiger partial charge is 0.350 e. The summed E-state index contributed by atoms with van der Waals surface area (Å²) in [4.78, 5) is 7.67. The number of fused-ring (bicyclic) bond motifs is 5. The minimum atomic E-state index is -0.0835. The van der Waals surface area contributed by atoms with E-state index in [2.05, 4.69) is 157 Å². The van der Waals surface area contributed by atoms with Gasteiger partial charge in [-0.15, -0.1) is 0 Å². The molecule has 44 heavy (non-hydrogen) atoms. The third-order valence-electron chi connectivity index (χ3n) is 9.44. The average Bonchev–Trinajstić information content (AvgIpc) is 3.23. The number of hydrogen-bond acceptors (Lipinski definition) is 4. The molecule has 0 saturated heterocycles. The average molecular weight is 588 g/mol. The van der Waals surface area contributed by atoms with E-state index in [1.807, 2.05) is 12.4 Å². The van der Waals surface area contributed by atoms with Gasteiger partial charge in [-0.25, -0.2) is 0 Å². The fourth-order valence-electron chi connectivity index (χ4n) is 6.83. The third kappa shape index (κ3) is 4.24. The van der Waals surface area contributed by atoms with E-state index in [4.69, 9.17) is 0 Å². The van der Waals surface area contributed by atoms with Gasteiger partial charge in [-0.05, 0) is 104 Å². The van der Waals surface area contributed by atoms with Crippen molar-refractivity contribution in [3.05, 3.63) is 157 Å². The van der Waals surface area contributed by atoms with Gasteiger partial charge in [0.15, 0.2) is 0 Å². The lowest BCUT2D eigenvalue weighted by atomic mass is 9.81. The van der Waals surface area contributed by atoms with E-state index in [0.717, 1.165) is 5.70 Å². The van der Waals surface area contributed by atoms with Gasteiger partial charge < -0.3 is 4.90 Å². The summed E-state index contributed by atoms with van der Waals surface area (Å²) in [5.41, 5.74) is 14.9. The molecule has 3 heterocycles. The van der Waals surface area contributed by atoms with Crippen LogP contribution >= 0.6 is 11.9 Å². The zero-order chi connectivity index (χ0) is 30.0. The van der Waals surface area contributed by atoms with Crippen LogP contribution in [0.25, 0.3) is 44.7 Å². The Morgan fingerprint density at radius 3 is 1.98 bits per heavy atom. The Kier molecular flexibility index (Phi) is 6.18. The Morgan fingerprint density at radius 2 is 1.30 bits per heavy atom. The standard InChI is InChI=1S/C40H33N3S/c1-26-33-7-5-6-8-38(33)44-43-25-32(15-18-39(43)42(26)4)28-11-9-27(10-12-28)30-13-16-34-35-17-14-31(29-19-21-41-22-20-29)24-37(35)40(2,3)36(34)23-30/h5-25,39H,1H2,2-4H3. The monoisotopic (exact) mass is 587 g/mol. The Morgan fingerprint density at radius 1 is 0.705 bits per heavy atom. The van der Waals surface area contributed by atoms with E-state index in [-0.39, 0.29) is 11.6 Å². The summed E-state index contributed by atoms with van der Waals surface area (Å²) in [6, 6.07) is 35.6. The third-order valence-corrected chi connectivity index (χ3v) is 10.5. The number of pyridine rings is 1. The number of likely N-dealkylation sites (N-methyl/N-ethyl adjacent to an activating group) is 1. The molecule has 4 aromatic carbocycles. The molecule has 8 rings (SSSR count). The molecule has 1 aliphatic carbocycles. The van der Waals surface area contributed by atoms with Crippen molar-refractivity contribution in [1.82, 2.24) is 14.2 Å². The summed E-state index contributed by atoms with van der Waals surface area (Å²) >= 11 is 1.77. The van der Waals surface area contributed by atoms with E-state index in [1.165, 1.54) is 66.1 Å². The van der Waals surface area contributed by atoms with Crippen molar-refractivity contribution >= 4 is 23.2 Å². The molecule has 0 fully saturated rings. The number of benzene rings is 4. The quantitative estimate of drug-likeness (QED) is 0.196. The lowest BCUT2D eigenvalue weighted by Gasteiger charge is -2.36. The molecule has 1 unspecified atom stereocenters. The molecule has 0 spiro atoms. The van der Waals surface area contributed by atoms with Crippen molar-refractivity contribution < 1.29 is 0 Å². The van der Waals surface area contributed by atoms with Gasteiger partial charge in [0.1, 0.15) is 6.17 Å². The Bertz CT molecular complexity index is 2000. The molecular formula is C40H33N3S. The molecule has 0 radical (unpaired) electrons. The van der Waals surface area contributed by atoms with Crippen LogP contribution in [0.1, 0.15) is 36.1 Å². The molecule has 1 atom stereocenters. The molecule has 2 aliphatic heterocycles. The zero-order valence-corrected chi connectivity index (χ0v) is 26.0. The molecule has 0 bridgehead atoms. The highest BCUT2D eigenvalue weighted by Crippen LogP contribution is 2.50. The van der Waals surface area contributed by atoms with Gasteiger partial charge in [-0.1, -0.05) is 93.2 Å². The van der Waals surface area contributed by atoms with Crippen LogP contribution in [0.4, 0.5) is 0 Å². The maximum atomic E-state index is 4.39. The summed E-state index contributed by atoms with van der Waals surface area (Å²) in [5.74, 6) is 0. The van der Waals surface area contributed by atoms with Gasteiger partial charge in [0, 0.05) is 47.2 Å². The lowest BCUT2D eigenvalue weighted by molar-refractivity contribution is 0.296. The maximum absolute atomic E-state index is 4.39. The second-order valence-corrected chi connectivity index (χ2v) is 13.4. The highest BCUT2D eigenvalue weighted by Gasteiger charge is 2.36. The number of aromatic nitrogens is 1. The Hall–Kier alpha value is -4.80. The van der Waals surface area contributed by atoms with Crippen molar-refractivity contribution in [2.75, 3.05) is 7.05 Å². The predicted octanol–water partition coefficient (Wildman–Crippen LogP) is 9.88. The van der Waals surface area contributed by atoms with Crippen LogP contribution in [-0.4, -0.2) is 27.4 Å². The highest BCUT2D eigenvalue weighted by molar-refractivity contribution is 7.97. The van der Waals surface area contributed by atoms with Gasteiger partial charge in [-0.3, -0.25) is 9.29 Å². The Labute approximate surface area is 264 Å². The first kappa shape index (κ1) is 26.8. The molecule has 0 saturated carbocycles. The topological polar surface area (TPSA) is 19.4 Å². The fourth-order valence-corrected chi connectivity index (χ4v) is 7.96. The van der Waals surface area contributed by atoms with Gasteiger partial charge in [0.05, 0.1) is 0 Å². The Balaban J connectivity index is 1.08. The van der Waals surface area contributed by atoms with Crippen molar-refractivity contribution in [3.8, 4) is 33.4 Å². The van der Waals surface area contributed by atoms with Crippen molar-refractivity contribution in [2.24, 2.45) is 0 Å². The maximum Gasteiger partial charge on any atom is 0.131 e. The smallest absolute Gasteiger partial charge is 0.131 e. The molecule has 3 aliphatic rings. The van der Waals surface area contributed by atoms with Gasteiger partial charge in [0.2, 0.25) is 0 Å². The van der Waals surface area contributed by atoms with Crippen molar-refractivity contribution in [1.29, 1.82) is 0 Å². The number of nitrogens with zero attached hydrogens (tertiary/aromatic N) is 3. The van der Waals surface area contributed by atoms with Crippen LogP contribution in [0.15, 0.2) is 139 Å². The molecular weight excluding hydrogens is 555 g/mol. The SMILES string of the molecule is C=C1c2ccccc2SN2C=C(c3ccc(-c4ccc5c(c4)C(C)(C)c4cc(-c6ccncc6)ccc4-5)cc3)C=CC2N1C. The van der Waals surface area contributed by atoms with Crippen LogP contribution in [0.2, 0.25) is 0 Å². The van der Waals surface area contributed by atoms with Crippen LogP contribution in [0, 0.1) is 0 Å². The number of rotatable bonds is 3. The van der Waals surface area contributed by atoms with E-state index < -0.39 is 0 Å². The fraction of sp³-hybridized carbons (Fsp3) is 0.125. The summed E-state index contributed by atoms with van der Waals surface area (Å²) in [5, 5.41) is 0. The molecule has 0 amide bonds. The minimum Gasteiger partial charge on any atom is -0.350 e. The zero-order valence-electron chi connectivity index (χ0n) is 25.2. The number of hydrogen-bond donors (Lipinski definition) is 0. The van der Waals surface area contributed by atoms with E-state index in [0.29, 0.717) is 0 Å². The second kappa shape index (κ2) is 10.1. The van der Waals surface area contributed by atoms with Crippen molar-refractivity contribution in [3.63, 3.8) is 0 Å². The highest BCUT2D eigenvalue weighted by atomic mass is 32.2. The van der Waals surface area contributed by atoms with Gasteiger partial charge in [0.25, 0.3) is 0 Å². The van der Waals surface area contributed by atoms with Gasteiger partial charge >= 0.3 is 0 Å². The van der Waals surface area contributed by atoms with Crippen LogP contribution in [-0.2, 0) is 5.41 Å². The first-order valence-corrected chi connectivity index (χ1v) is 15.8. The van der Waals surface area contributed by atoms with Crippen LogP contribution in [0.3, 0.4) is 0 Å². The second-order valence-electron chi connectivity index (χ2n) is 12.3. The molecule has 1 aromatic heterocycles. The van der Waals surface area contributed by atoms with Crippen LogP contribution in [0.5, 0.6) is 0 Å². The molecule has 214 valence electrons. The lowest BCUT2D eigenvalue weighted by Crippen LogP contribution is -2.38. The molecule has 3 nitrogen and oxygen atoms in total. The van der Waals surface area contributed by atoms with Gasteiger partial charge in [-0.2, -0.15) is 0 Å². The van der Waals surface area contributed by atoms with Crippen molar-refractivity contribution in [2.45, 2.75) is 30.3 Å². The summed E-state index contributed by atoms with van der Waals surface area (Å²) < 4.78 is 2.33. The van der Waals surface area contributed by atoms with E-state index in [1.54, 1.807) is 11.9 Å². The molecule has 5 aromatic rings. The number of allylic oxidation sites excluding steroid dienone is 2. The van der Waals surface area contributed by atoms with E-state index >= 15 is 0 Å². The molecule has 4 heteroatoms. The molecule has 0 N–H and O–H groups in total. The summed E-state index contributed by atoms with van der Waals surface area (Å²) in [7, 11) is 2.12. The summed E-state index contributed by atoms with van der Waals surface area (Å²) in [6.07, 6.45) is 10.6. The van der Waals surface area contributed by atoms with Crippen LogP contribution < -0.4 is 0 Å². The van der Waals surface area contributed by atoms with E-state index in [9.17, 15) is 0 Å². The summed E-state index contributed by atoms with van der Waals surface area (Å²) in [6.45, 7) is 9.09. The predicted molar refractivity (Wildman–Crippen MR) is 185 cm³/mol. The normalized spacial score (nSPS) is 17.8. The first-order chi connectivity index (χ1) is 21.4. The first-order valence-electron chi connectivity index (χ1n) is 15.1. The minimum absolute atomic E-state index is 0.0835.